The van der Waals surface area contributed by atoms with E-state index >= 15 is 0 Å². The Balaban J connectivity index is 1.70. The lowest BCUT2D eigenvalue weighted by atomic mass is 9.97. The largest absolute Gasteiger partial charge is 0.399 e. The van der Waals surface area contributed by atoms with E-state index in [1.165, 1.54) is 24.3 Å². The predicted molar refractivity (Wildman–Crippen MR) is 105 cm³/mol. The van der Waals surface area contributed by atoms with Gasteiger partial charge < -0.3 is 5.32 Å². The molecule has 0 saturated heterocycles. The maximum absolute atomic E-state index is 13.5. The summed E-state index contributed by atoms with van der Waals surface area (Å²) in [5.74, 6) is -1.63. The summed E-state index contributed by atoms with van der Waals surface area (Å²) >= 11 is 11.7. The zero-order valence-corrected chi connectivity index (χ0v) is 16.3. The molecule has 1 unspecified atom stereocenters. The highest BCUT2D eigenvalue weighted by molar-refractivity contribution is 6.34. The molecule has 2 aromatic carbocycles. The van der Waals surface area contributed by atoms with Crippen molar-refractivity contribution in [3.05, 3.63) is 75.3 Å². The molecule has 1 fully saturated rings. The van der Waals surface area contributed by atoms with Crippen LogP contribution >= 0.6 is 23.2 Å². The lowest BCUT2D eigenvalue weighted by Gasteiger charge is -2.18. The fourth-order valence-electron chi connectivity index (χ4n) is 2.80. The van der Waals surface area contributed by atoms with Crippen LogP contribution < -0.4 is 5.32 Å². The molecule has 7 heteroatoms. The molecule has 1 aliphatic carbocycles. The smallest absolute Gasteiger partial charge is 0.352 e. The van der Waals surface area contributed by atoms with Crippen LogP contribution in [0.15, 0.2) is 48.5 Å². The molecule has 0 radical (unpaired) electrons. The number of alkyl halides is 3. The number of allylic oxidation sites excluding steroid dienone is 1. The molecule has 0 bridgehead atoms. The van der Waals surface area contributed by atoms with E-state index in [0.717, 1.165) is 24.5 Å². The Morgan fingerprint density at radius 2 is 1.71 bits per heavy atom. The van der Waals surface area contributed by atoms with Crippen molar-refractivity contribution in [2.24, 2.45) is 5.92 Å². The van der Waals surface area contributed by atoms with Gasteiger partial charge in [0.1, 0.15) is 0 Å². The fourth-order valence-corrected chi connectivity index (χ4v) is 3.34. The first-order chi connectivity index (χ1) is 13.2. The minimum Gasteiger partial charge on any atom is -0.352 e. The van der Waals surface area contributed by atoms with Gasteiger partial charge in [0.15, 0.2) is 0 Å². The predicted octanol–water partition coefficient (Wildman–Crippen LogP) is 6.38. The van der Waals surface area contributed by atoms with Crippen LogP contribution in [0.1, 0.15) is 35.4 Å². The molecule has 0 heterocycles. The number of benzene rings is 2. The zero-order chi connectivity index (χ0) is 20.3. The van der Waals surface area contributed by atoms with Crippen molar-refractivity contribution < 1.29 is 18.0 Å². The second-order valence-corrected chi connectivity index (χ2v) is 7.69. The summed E-state index contributed by atoms with van der Waals surface area (Å²) < 4.78 is 40.5. The Labute approximate surface area is 171 Å². The third-order valence-electron chi connectivity index (χ3n) is 4.47. The van der Waals surface area contributed by atoms with Gasteiger partial charge in [0.25, 0.3) is 0 Å². The SMILES string of the molecule is O=C(NCc1ccc(C=CC(c2cc(Cl)cc(Cl)c2)C(F)(F)F)cc1)C1CC1. The Kier molecular flexibility index (Phi) is 6.36. The first kappa shape index (κ1) is 20.7. The molecule has 1 aliphatic rings. The van der Waals surface area contributed by atoms with Gasteiger partial charge in [0.2, 0.25) is 5.91 Å². The van der Waals surface area contributed by atoms with Crippen molar-refractivity contribution in [1.29, 1.82) is 0 Å². The third-order valence-corrected chi connectivity index (χ3v) is 4.91. The maximum Gasteiger partial charge on any atom is 0.399 e. The second kappa shape index (κ2) is 8.58. The number of hydrogen-bond donors (Lipinski definition) is 1. The Hall–Kier alpha value is -1.98. The number of hydrogen-bond acceptors (Lipinski definition) is 1. The maximum atomic E-state index is 13.5. The molecule has 1 N–H and O–H groups in total. The summed E-state index contributed by atoms with van der Waals surface area (Å²) in [7, 11) is 0. The summed E-state index contributed by atoms with van der Waals surface area (Å²) in [4.78, 5) is 11.7. The lowest BCUT2D eigenvalue weighted by molar-refractivity contribution is -0.139. The highest BCUT2D eigenvalue weighted by Crippen LogP contribution is 2.38. The van der Waals surface area contributed by atoms with Crippen molar-refractivity contribution >= 4 is 35.2 Å². The minimum absolute atomic E-state index is 0.0133. The number of carbonyl (C=O) groups excluding carboxylic acids is 1. The van der Waals surface area contributed by atoms with Crippen molar-refractivity contribution in [2.45, 2.75) is 31.5 Å². The highest BCUT2D eigenvalue weighted by atomic mass is 35.5. The monoisotopic (exact) mass is 427 g/mol. The van der Waals surface area contributed by atoms with Crippen molar-refractivity contribution in [2.75, 3.05) is 0 Å². The van der Waals surface area contributed by atoms with Crippen LogP contribution in [0, 0.1) is 5.92 Å². The molecule has 0 spiro atoms. The van der Waals surface area contributed by atoms with Crippen LogP contribution in [0.2, 0.25) is 10.0 Å². The van der Waals surface area contributed by atoms with Crippen LogP contribution in [0.4, 0.5) is 13.2 Å². The third kappa shape index (κ3) is 5.76. The average Bonchev–Trinajstić information content (AvgIpc) is 3.44. The molecule has 148 valence electrons. The van der Waals surface area contributed by atoms with Gasteiger partial charge in [-0.25, -0.2) is 0 Å². The van der Waals surface area contributed by atoms with E-state index in [1.54, 1.807) is 24.3 Å². The Bertz CT molecular complexity index is 854. The Morgan fingerprint density at radius 3 is 2.25 bits per heavy atom. The molecular weight excluding hydrogens is 410 g/mol. The second-order valence-electron chi connectivity index (χ2n) is 6.81. The average molecular weight is 428 g/mol. The lowest BCUT2D eigenvalue weighted by Crippen LogP contribution is -2.24. The van der Waals surface area contributed by atoms with Gasteiger partial charge in [-0.05, 0) is 47.7 Å². The molecule has 1 amide bonds. The van der Waals surface area contributed by atoms with E-state index in [0.29, 0.717) is 12.1 Å². The summed E-state index contributed by atoms with van der Waals surface area (Å²) in [5.41, 5.74) is 1.50. The van der Waals surface area contributed by atoms with Gasteiger partial charge in [0, 0.05) is 22.5 Å². The summed E-state index contributed by atoms with van der Waals surface area (Å²) in [6.07, 6.45) is -0.0928. The topological polar surface area (TPSA) is 29.1 Å². The summed E-state index contributed by atoms with van der Waals surface area (Å²) in [6, 6.07) is 10.9. The normalized spacial score (nSPS) is 15.6. The van der Waals surface area contributed by atoms with Crippen LogP contribution in [-0.4, -0.2) is 12.1 Å². The molecule has 1 saturated carbocycles. The van der Waals surface area contributed by atoms with Gasteiger partial charge >= 0.3 is 6.18 Å². The standard InChI is InChI=1S/C21H18Cl2F3NO/c22-17-9-16(10-18(23)11-17)19(21(24,25)26)8-5-13-1-3-14(4-2-13)12-27-20(28)15-6-7-15/h1-5,8-11,15,19H,6-7,12H2,(H,27,28). The van der Waals surface area contributed by atoms with E-state index in [9.17, 15) is 18.0 Å². The first-order valence-electron chi connectivity index (χ1n) is 8.80. The van der Waals surface area contributed by atoms with Gasteiger partial charge in [-0.2, -0.15) is 13.2 Å². The van der Waals surface area contributed by atoms with Crippen molar-refractivity contribution in [1.82, 2.24) is 5.32 Å². The van der Waals surface area contributed by atoms with Gasteiger partial charge in [0.05, 0.1) is 5.92 Å². The number of amides is 1. The summed E-state index contributed by atoms with van der Waals surface area (Å²) in [5, 5.41) is 3.16. The van der Waals surface area contributed by atoms with Crippen LogP contribution in [0.5, 0.6) is 0 Å². The number of halogens is 5. The fraction of sp³-hybridized carbons (Fsp3) is 0.286. The van der Waals surface area contributed by atoms with E-state index in [2.05, 4.69) is 5.32 Å². The zero-order valence-electron chi connectivity index (χ0n) is 14.8. The van der Waals surface area contributed by atoms with E-state index in [1.807, 2.05) is 0 Å². The number of rotatable bonds is 6. The van der Waals surface area contributed by atoms with Crippen molar-refractivity contribution in [3.8, 4) is 0 Å². The van der Waals surface area contributed by atoms with E-state index in [4.69, 9.17) is 23.2 Å². The van der Waals surface area contributed by atoms with Gasteiger partial charge in [-0.15, -0.1) is 0 Å². The summed E-state index contributed by atoms with van der Waals surface area (Å²) in [6.45, 7) is 0.408. The van der Waals surface area contributed by atoms with E-state index < -0.39 is 12.1 Å². The van der Waals surface area contributed by atoms with Crippen LogP contribution in [0.3, 0.4) is 0 Å². The highest BCUT2D eigenvalue weighted by Gasteiger charge is 2.39. The molecule has 28 heavy (non-hydrogen) atoms. The molecule has 0 aliphatic heterocycles. The van der Waals surface area contributed by atoms with Gasteiger partial charge in [-0.3, -0.25) is 4.79 Å². The van der Waals surface area contributed by atoms with E-state index in [-0.39, 0.29) is 27.4 Å². The Morgan fingerprint density at radius 1 is 1.11 bits per heavy atom. The molecule has 3 rings (SSSR count). The molecule has 2 nitrogen and oxygen atoms in total. The van der Waals surface area contributed by atoms with Crippen molar-refractivity contribution in [3.63, 3.8) is 0 Å². The molecule has 1 atom stereocenters. The molecule has 0 aromatic heterocycles. The molecular formula is C21H18Cl2F3NO. The van der Waals surface area contributed by atoms with Gasteiger partial charge in [-0.1, -0.05) is 59.6 Å². The molecule has 2 aromatic rings. The number of nitrogens with one attached hydrogen (secondary N) is 1. The van der Waals surface area contributed by atoms with Crippen LogP contribution in [0.25, 0.3) is 6.08 Å². The quantitative estimate of drug-likeness (QED) is 0.569. The minimum atomic E-state index is -4.47. The first-order valence-corrected chi connectivity index (χ1v) is 9.55. The van der Waals surface area contributed by atoms with Crippen LogP contribution in [-0.2, 0) is 11.3 Å². The number of carbonyl (C=O) groups is 1.